The van der Waals surface area contributed by atoms with Gasteiger partial charge in [0.2, 0.25) is 0 Å². The minimum atomic E-state index is -0.794. The van der Waals surface area contributed by atoms with E-state index >= 15 is 0 Å². The second kappa shape index (κ2) is 3.41. The molecular formula is C8H8BrIO. The molecule has 0 spiro atoms. The summed E-state index contributed by atoms with van der Waals surface area (Å²) in [7, 11) is 0. The van der Waals surface area contributed by atoms with E-state index < -0.39 is 3.61 Å². The average Bonchev–Trinajstić information content (AvgIpc) is 1.86. The maximum atomic E-state index is 9.63. The Morgan fingerprint density at radius 3 is 2.36 bits per heavy atom. The molecule has 0 radical (unpaired) electrons. The van der Waals surface area contributed by atoms with Crippen molar-refractivity contribution >= 4 is 38.5 Å². The van der Waals surface area contributed by atoms with Crippen LogP contribution in [0, 0.1) is 0 Å². The average molecular weight is 327 g/mol. The SMILES string of the molecule is C[C@](O)(I)c1ccccc1Br. The fourth-order valence-electron chi connectivity index (χ4n) is 0.831. The molecule has 0 saturated carbocycles. The van der Waals surface area contributed by atoms with Crippen LogP contribution in [-0.4, -0.2) is 5.11 Å². The number of alkyl halides is 1. The van der Waals surface area contributed by atoms with Crippen molar-refractivity contribution in [3.8, 4) is 0 Å². The first kappa shape index (κ1) is 9.48. The number of benzene rings is 1. The Kier molecular flexibility index (Phi) is 2.94. The van der Waals surface area contributed by atoms with Crippen LogP contribution < -0.4 is 0 Å². The summed E-state index contributed by atoms with van der Waals surface area (Å²) < 4.78 is 0.150. The predicted octanol–water partition coefficient (Wildman–Crippen LogP) is 3.05. The Balaban J connectivity index is 3.14. The number of hydrogen-bond acceptors (Lipinski definition) is 1. The molecule has 1 aromatic rings. The largest absolute Gasteiger partial charge is 0.376 e. The van der Waals surface area contributed by atoms with Gasteiger partial charge in [-0.25, -0.2) is 0 Å². The summed E-state index contributed by atoms with van der Waals surface area (Å²) in [5.74, 6) is 0. The molecule has 1 N–H and O–H groups in total. The van der Waals surface area contributed by atoms with Gasteiger partial charge in [0.15, 0.2) is 0 Å². The third kappa shape index (κ3) is 2.42. The van der Waals surface area contributed by atoms with Crippen LogP contribution in [0.3, 0.4) is 0 Å². The van der Waals surface area contributed by atoms with E-state index in [1.54, 1.807) is 6.92 Å². The van der Waals surface area contributed by atoms with Gasteiger partial charge in [-0.05, 0) is 35.6 Å². The van der Waals surface area contributed by atoms with Crippen LogP contribution in [-0.2, 0) is 3.61 Å². The van der Waals surface area contributed by atoms with E-state index in [9.17, 15) is 5.11 Å². The van der Waals surface area contributed by atoms with Gasteiger partial charge >= 0.3 is 0 Å². The molecule has 1 aromatic carbocycles. The van der Waals surface area contributed by atoms with Crippen LogP contribution in [0.4, 0.5) is 0 Å². The molecule has 11 heavy (non-hydrogen) atoms. The maximum absolute atomic E-state index is 9.63. The van der Waals surface area contributed by atoms with E-state index in [0.29, 0.717) is 0 Å². The molecule has 0 saturated heterocycles. The molecule has 60 valence electrons. The predicted molar refractivity (Wildman–Crippen MR) is 57.7 cm³/mol. The smallest absolute Gasteiger partial charge is 0.139 e. The van der Waals surface area contributed by atoms with Gasteiger partial charge in [-0.3, -0.25) is 0 Å². The van der Waals surface area contributed by atoms with Crippen molar-refractivity contribution in [2.75, 3.05) is 0 Å². The van der Waals surface area contributed by atoms with Gasteiger partial charge < -0.3 is 5.11 Å². The van der Waals surface area contributed by atoms with E-state index in [1.807, 2.05) is 46.9 Å². The molecular weight excluding hydrogens is 319 g/mol. The van der Waals surface area contributed by atoms with Crippen molar-refractivity contribution in [2.45, 2.75) is 10.5 Å². The highest BCUT2D eigenvalue weighted by Crippen LogP contribution is 2.32. The Labute approximate surface area is 88.1 Å². The quantitative estimate of drug-likeness (QED) is 0.621. The van der Waals surface area contributed by atoms with Crippen molar-refractivity contribution in [1.29, 1.82) is 0 Å². The summed E-state index contributed by atoms with van der Waals surface area (Å²) >= 11 is 5.36. The second-order valence-corrected chi connectivity index (χ2v) is 5.39. The molecule has 0 bridgehead atoms. The molecule has 1 nitrogen and oxygen atoms in total. The Bertz CT molecular complexity index is 255. The van der Waals surface area contributed by atoms with Gasteiger partial charge in [-0.2, -0.15) is 0 Å². The van der Waals surface area contributed by atoms with Gasteiger partial charge in [0, 0.05) is 10.0 Å². The Hall–Kier alpha value is 0.390. The molecule has 0 heterocycles. The first-order chi connectivity index (χ1) is 5.02. The number of aliphatic hydroxyl groups is 1. The first-order valence-corrected chi connectivity index (χ1v) is 5.05. The van der Waals surface area contributed by atoms with Crippen LogP contribution >= 0.6 is 38.5 Å². The van der Waals surface area contributed by atoms with Gasteiger partial charge in [0.05, 0.1) is 0 Å². The zero-order chi connectivity index (χ0) is 8.48. The zero-order valence-electron chi connectivity index (χ0n) is 6.01. The lowest BCUT2D eigenvalue weighted by atomic mass is 10.1. The minimum absolute atomic E-state index is 0.794. The van der Waals surface area contributed by atoms with E-state index in [1.165, 1.54) is 0 Å². The summed E-state index contributed by atoms with van der Waals surface area (Å²) in [5.41, 5.74) is 0.903. The minimum Gasteiger partial charge on any atom is -0.376 e. The van der Waals surface area contributed by atoms with E-state index in [2.05, 4.69) is 15.9 Å². The van der Waals surface area contributed by atoms with Crippen LogP contribution in [0.25, 0.3) is 0 Å². The summed E-state index contributed by atoms with van der Waals surface area (Å²) in [6, 6.07) is 7.65. The van der Waals surface area contributed by atoms with Crippen molar-refractivity contribution in [1.82, 2.24) is 0 Å². The fraction of sp³-hybridized carbons (Fsp3) is 0.250. The molecule has 0 aliphatic rings. The molecule has 0 fully saturated rings. The van der Waals surface area contributed by atoms with Crippen molar-refractivity contribution < 1.29 is 5.11 Å². The topological polar surface area (TPSA) is 20.2 Å². The number of rotatable bonds is 1. The van der Waals surface area contributed by atoms with Crippen LogP contribution in [0.2, 0.25) is 0 Å². The van der Waals surface area contributed by atoms with Gasteiger partial charge in [0.25, 0.3) is 0 Å². The van der Waals surface area contributed by atoms with Gasteiger partial charge in [0.1, 0.15) is 3.61 Å². The standard InChI is InChI=1S/C8H8BrIO/c1-8(10,11)6-4-2-3-5-7(6)9/h2-5,11H,1H3/t8-/m1/s1. The third-order valence-electron chi connectivity index (χ3n) is 1.37. The Morgan fingerprint density at radius 1 is 1.45 bits per heavy atom. The summed E-state index contributed by atoms with van der Waals surface area (Å²) in [5, 5.41) is 9.63. The van der Waals surface area contributed by atoms with Crippen LogP contribution in [0.1, 0.15) is 12.5 Å². The summed E-state index contributed by atoms with van der Waals surface area (Å²) in [6.07, 6.45) is 0. The molecule has 3 heteroatoms. The fourth-order valence-corrected chi connectivity index (χ4v) is 2.34. The molecule has 0 amide bonds. The third-order valence-corrected chi connectivity index (χ3v) is 2.64. The van der Waals surface area contributed by atoms with E-state index in [-0.39, 0.29) is 0 Å². The lowest BCUT2D eigenvalue weighted by Gasteiger charge is -2.16. The van der Waals surface area contributed by atoms with Crippen molar-refractivity contribution in [2.24, 2.45) is 0 Å². The van der Waals surface area contributed by atoms with Gasteiger partial charge in [-0.1, -0.05) is 34.1 Å². The van der Waals surface area contributed by atoms with Crippen LogP contribution in [0.5, 0.6) is 0 Å². The molecule has 0 aliphatic carbocycles. The lowest BCUT2D eigenvalue weighted by molar-refractivity contribution is 0.178. The highest BCUT2D eigenvalue weighted by molar-refractivity contribution is 14.1. The Morgan fingerprint density at radius 2 is 2.00 bits per heavy atom. The molecule has 1 rings (SSSR count). The molecule has 0 aliphatic heterocycles. The van der Waals surface area contributed by atoms with E-state index in [0.717, 1.165) is 10.0 Å². The summed E-state index contributed by atoms with van der Waals surface area (Å²) in [4.78, 5) is 0. The molecule has 0 aromatic heterocycles. The summed E-state index contributed by atoms with van der Waals surface area (Å²) in [6.45, 7) is 1.76. The molecule has 0 unspecified atom stereocenters. The highest BCUT2D eigenvalue weighted by atomic mass is 127. The van der Waals surface area contributed by atoms with E-state index in [4.69, 9.17) is 0 Å². The van der Waals surface area contributed by atoms with Crippen molar-refractivity contribution in [3.63, 3.8) is 0 Å². The lowest BCUT2D eigenvalue weighted by Crippen LogP contribution is -2.11. The maximum Gasteiger partial charge on any atom is 0.139 e. The normalized spacial score (nSPS) is 16.0. The van der Waals surface area contributed by atoms with Crippen molar-refractivity contribution in [3.05, 3.63) is 34.3 Å². The second-order valence-electron chi connectivity index (χ2n) is 2.43. The zero-order valence-corrected chi connectivity index (χ0v) is 9.76. The highest BCUT2D eigenvalue weighted by Gasteiger charge is 2.19. The molecule has 1 atom stereocenters. The van der Waals surface area contributed by atoms with Gasteiger partial charge in [-0.15, -0.1) is 0 Å². The number of hydrogen-bond donors (Lipinski definition) is 1. The van der Waals surface area contributed by atoms with Crippen LogP contribution in [0.15, 0.2) is 28.7 Å². The first-order valence-electron chi connectivity index (χ1n) is 3.18. The number of halogens is 2. The monoisotopic (exact) mass is 326 g/mol.